The molecule has 3 heteroatoms. The molecule has 16 heavy (non-hydrogen) atoms. The van der Waals surface area contributed by atoms with Gasteiger partial charge in [-0.25, -0.2) is 4.79 Å². The number of carbonyl (C=O) groups is 2. The number of ketones is 1. The van der Waals surface area contributed by atoms with Crippen LogP contribution in [0.5, 0.6) is 0 Å². The molecule has 0 aliphatic heterocycles. The Morgan fingerprint density at radius 2 is 1.94 bits per heavy atom. The molecule has 0 spiro atoms. The number of hydrogen-bond donors (Lipinski definition) is 1. The molecule has 0 amide bonds. The molecule has 0 atom stereocenters. The summed E-state index contributed by atoms with van der Waals surface area (Å²) < 4.78 is 0. The first kappa shape index (κ1) is 10.9. The summed E-state index contributed by atoms with van der Waals surface area (Å²) in [5.41, 5.74) is 0.700. The maximum absolute atomic E-state index is 11.8. The number of benzene rings is 1. The Morgan fingerprint density at radius 3 is 2.50 bits per heavy atom. The molecule has 0 saturated heterocycles. The second-order valence-electron chi connectivity index (χ2n) is 4.31. The molecule has 0 aromatic heterocycles. The number of aromatic carboxylic acids is 1. The Balaban J connectivity index is 2.09. The third-order valence-corrected chi connectivity index (χ3v) is 3.13. The van der Waals surface area contributed by atoms with Crippen LogP contribution in [0.1, 0.15) is 46.4 Å². The Labute approximate surface area is 94.1 Å². The highest BCUT2D eigenvalue weighted by molar-refractivity contribution is 5.98. The lowest BCUT2D eigenvalue weighted by Crippen LogP contribution is -2.16. The van der Waals surface area contributed by atoms with Crippen molar-refractivity contribution >= 4 is 11.8 Å². The highest BCUT2D eigenvalue weighted by atomic mass is 16.4. The van der Waals surface area contributed by atoms with Gasteiger partial charge >= 0.3 is 5.97 Å². The quantitative estimate of drug-likeness (QED) is 0.790. The van der Waals surface area contributed by atoms with Gasteiger partial charge in [0, 0.05) is 12.0 Å². The van der Waals surface area contributed by atoms with Gasteiger partial charge in [0.15, 0.2) is 5.78 Å². The van der Waals surface area contributed by atoms with Gasteiger partial charge in [-0.3, -0.25) is 4.79 Å². The van der Waals surface area contributed by atoms with E-state index in [1.165, 1.54) is 18.6 Å². The summed E-state index contributed by atoms with van der Waals surface area (Å²) in [6, 6.07) is 6.27. The summed E-state index contributed by atoms with van der Waals surface area (Å²) in [5.74, 6) is -0.410. The van der Waals surface area contributed by atoms with Crippen molar-refractivity contribution in [3.05, 3.63) is 35.4 Å². The van der Waals surface area contributed by atoms with Crippen LogP contribution in [0.3, 0.4) is 0 Å². The van der Waals surface area contributed by atoms with Crippen molar-refractivity contribution < 1.29 is 14.7 Å². The molecule has 2 rings (SSSR count). The van der Waals surface area contributed by atoms with Crippen molar-refractivity contribution in [1.82, 2.24) is 0 Å². The lowest BCUT2D eigenvalue weighted by molar-refractivity contribution is 0.0697. The molecule has 1 aromatic carbocycles. The second-order valence-corrected chi connectivity index (χ2v) is 4.31. The topological polar surface area (TPSA) is 54.4 Å². The van der Waals surface area contributed by atoms with E-state index in [2.05, 4.69) is 0 Å². The van der Waals surface area contributed by atoms with Gasteiger partial charge < -0.3 is 5.11 Å². The number of hydrogen-bond acceptors (Lipinski definition) is 2. The molecule has 84 valence electrons. The molecular weight excluding hydrogens is 204 g/mol. The zero-order valence-electron chi connectivity index (χ0n) is 8.98. The summed E-state index contributed by atoms with van der Waals surface area (Å²) in [6.45, 7) is 0. The lowest BCUT2D eigenvalue weighted by atomic mass is 9.81. The summed E-state index contributed by atoms with van der Waals surface area (Å²) in [7, 11) is 0. The Kier molecular flexibility index (Phi) is 3.04. The van der Waals surface area contributed by atoms with E-state index in [1.807, 2.05) is 0 Å². The van der Waals surface area contributed by atoms with E-state index < -0.39 is 5.97 Å². The molecule has 0 heterocycles. The van der Waals surface area contributed by atoms with Crippen molar-refractivity contribution in [2.45, 2.75) is 25.7 Å². The van der Waals surface area contributed by atoms with Crippen molar-refractivity contribution in [2.24, 2.45) is 5.92 Å². The molecule has 0 radical (unpaired) electrons. The summed E-state index contributed by atoms with van der Waals surface area (Å²) in [6.07, 6.45) is 4.03. The van der Waals surface area contributed by atoms with Crippen LogP contribution in [0, 0.1) is 5.92 Å². The van der Waals surface area contributed by atoms with Gasteiger partial charge in [-0.05, 0) is 18.1 Å². The zero-order chi connectivity index (χ0) is 11.5. The average molecular weight is 218 g/mol. The molecular formula is C13H14O3. The van der Waals surface area contributed by atoms with Crippen molar-refractivity contribution in [3.63, 3.8) is 0 Å². The monoisotopic (exact) mass is 218 g/mol. The van der Waals surface area contributed by atoms with Crippen LogP contribution in [0.4, 0.5) is 0 Å². The normalized spacial score (nSPS) is 15.5. The molecule has 1 saturated carbocycles. The van der Waals surface area contributed by atoms with Crippen molar-refractivity contribution in [2.75, 3.05) is 0 Å². The van der Waals surface area contributed by atoms with Gasteiger partial charge in [-0.1, -0.05) is 31.4 Å². The molecule has 0 bridgehead atoms. The number of carbonyl (C=O) groups excluding carboxylic acids is 1. The fourth-order valence-corrected chi connectivity index (χ4v) is 1.90. The van der Waals surface area contributed by atoms with E-state index in [0.29, 0.717) is 17.9 Å². The van der Waals surface area contributed by atoms with Crippen molar-refractivity contribution in [1.29, 1.82) is 0 Å². The Hall–Kier alpha value is -1.64. The minimum Gasteiger partial charge on any atom is -0.478 e. The number of Topliss-reactive ketones (excluding diaryl/α,β-unsaturated/α-hetero) is 1. The first-order chi connectivity index (χ1) is 7.66. The van der Waals surface area contributed by atoms with Gasteiger partial charge in [0.1, 0.15) is 0 Å². The van der Waals surface area contributed by atoms with Crippen LogP contribution >= 0.6 is 0 Å². The molecule has 1 aromatic rings. The number of rotatable bonds is 4. The predicted octanol–water partition coefficient (Wildman–Crippen LogP) is 2.76. The zero-order valence-corrected chi connectivity index (χ0v) is 8.98. The maximum Gasteiger partial charge on any atom is 0.335 e. The Bertz CT molecular complexity index is 419. The van der Waals surface area contributed by atoms with Crippen molar-refractivity contribution in [3.8, 4) is 0 Å². The number of carboxylic acids is 1. The van der Waals surface area contributed by atoms with E-state index in [-0.39, 0.29) is 11.3 Å². The number of carboxylic acid groups (broad SMARTS) is 1. The first-order valence-corrected chi connectivity index (χ1v) is 5.53. The molecule has 0 unspecified atom stereocenters. The third-order valence-electron chi connectivity index (χ3n) is 3.13. The van der Waals surface area contributed by atoms with Crippen LogP contribution < -0.4 is 0 Å². The highest BCUT2D eigenvalue weighted by Gasteiger charge is 2.21. The first-order valence-electron chi connectivity index (χ1n) is 5.53. The van der Waals surface area contributed by atoms with Crippen LogP contribution in [0.2, 0.25) is 0 Å². The molecule has 1 fully saturated rings. The molecule has 3 nitrogen and oxygen atoms in total. The van der Waals surface area contributed by atoms with Gasteiger partial charge in [-0.15, -0.1) is 0 Å². The average Bonchev–Trinajstić information content (AvgIpc) is 2.23. The van der Waals surface area contributed by atoms with Gasteiger partial charge in [0.25, 0.3) is 0 Å². The van der Waals surface area contributed by atoms with E-state index in [9.17, 15) is 9.59 Å². The highest BCUT2D eigenvalue weighted by Crippen LogP contribution is 2.30. The minimum atomic E-state index is -0.988. The Morgan fingerprint density at radius 1 is 1.25 bits per heavy atom. The summed E-state index contributed by atoms with van der Waals surface area (Å²) >= 11 is 0. The lowest BCUT2D eigenvalue weighted by Gasteiger charge is -2.24. The molecule has 1 aliphatic rings. The van der Waals surface area contributed by atoms with Gasteiger partial charge in [-0.2, -0.15) is 0 Å². The molecule has 1 aliphatic carbocycles. The van der Waals surface area contributed by atoms with Gasteiger partial charge in [0.05, 0.1) is 5.56 Å². The second kappa shape index (κ2) is 4.47. The van der Waals surface area contributed by atoms with E-state index >= 15 is 0 Å². The van der Waals surface area contributed by atoms with E-state index in [0.717, 1.165) is 12.8 Å². The fraction of sp³-hybridized carbons (Fsp3) is 0.385. The summed E-state index contributed by atoms with van der Waals surface area (Å²) in [5, 5.41) is 8.82. The van der Waals surface area contributed by atoms with Crippen LogP contribution in [0.25, 0.3) is 0 Å². The fourth-order valence-electron chi connectivity index (χ4n) is 1.90. The third kappa shape index (κ3) is 2.30. The smallest absolute Gasteiger partial charge is 0.335 e. The minimum absolute atomic E-state index is 0.0628. The van der Waals surface area contributed by atoms with Gasteiger partial charge in [0.2, 0.25) is 0 Å². The maximum atomic E-state index is 11.8. The SMILES string of the molecule is O=C(O)c1cccc(C(=O)CC2CCC2)c1. The summed E-state index contributed by atoms with van der Waals surface area (Å²) in [4.78, 5) is 22.6. The largest absolute Gasteiger partial charge is 0.478 e. The molecule has 1 N–H and O–H groups in total. The van der Waals surface area contributed by atoms with E-state index in [4.69, 9.17) is 5.11 Å². The van der Waals surface area contributed by atoms with Crippen LogP contribution in [-0.2, 0) is 0 Å². The standard InChI is InChI=1S/C13H14O3/c14-12(7-9-3-1-4-9)10-5-2-6-11(8-10)13(15)16/h2,5-6,8-9H,1,3-4,7H2,(H,15,16). The van der Waals surface area contributed by atoms with Crippen LogP contribution in [-0.4, -0.2) is 16.9 Å². The van der Waals surface area contributed by atoms with E-state index in [1.54, 1.807) is 12.1 Å². The van der Waals surface area contributed by atoms with Crippen LogP contribution in [0.15, 0.2) is 24.3 Å². The predicted molar refractivity (Wildman–Crippen MR) is 59.7 cm³/mol.